The highest BCUT2D eigenvalue weighted by Crippen LogP contribution is 2.39. The van der Waals surface area contributed by atoms with E-state index in [1.54, 1.807) is 42.5 Å². The third-order valence-corrected chi connectivity index (χ3v) is 6.18. The highest BCUT2D eigenvalue weighted by Gasteiger charge is 2.16. The maximum Gasteiger partial charge on any atom is 0.307 e. The summed E-state index contributed by atoms with van der Waals surface area (Å²) in [7, 11) is 0. The summed E-state index contributed by atoms with van der Waals surface area (Å²) >= 11 is 7.66. The van der Waals surface area contributed by atoms with Gasteiger partial charge in [-0.25, -0.2) is 4.39 Å². The van der Waals surface area contributed by atoms with Crippen LogP contribution >= 0.6 is 22.9 Å². The van der Waals surface area contributed by atoms with E-state index in [1.807, 2.05) is 32.0 Å². The molecule has 7 heteroatoms. The first kappa shape index (κ1) is 24.7. The number of ether oxygens (including phenoxy) is 1. The molecule has 4 rings (SSSR count). The van der Waals surface area contributed by atoms with Gasteiger partial charge >= 0.3 is 5.97 Å². The molecule has 0 amide bonds. The number of carboxylic acids is 1. The summed E-state index contributed by atoms with van der Waals surface area (Å²) in [5.41, 5.74) is 8.71. The molecule has 0 aliphatic heterocycles. The van der Waals surface area contributed by atoms with Crippen LogP contribution in [0.4, 0.5) is 4.39 Å². The standard InChI is InChI=1S/C24H19ClFNO3S.C2H6/c25-22-11-19-18(17-6-3-5-16(12-27)24(17)26)8-14(9-21(19)31-22)13-30-20-7-2-1-4-15(20)10-23(28)29;1-2/h1-9,11H,10,12-13,27H2,(H,28,29);1-2H3. The number of carboxylic acid groups (broad SMARTS) is 1. The van der Waals surface area contributed by atoms with Gasteiger partial charge in [-0.3, -0.25) is 4.79 Å². The Kier molecular flexibility index (Phi) is 8.44. The molecule has 0 radical (unpaired) electrons. The average Bonchev–Trinajstić information content (AvgIpc) is 3.19. The van der Waals surface area contributed by atoms with Gasteiger partial charge < -0.3 is 15.6 Å². The van der Waals surface area contributed by atoms with E-state index >= 15 is 4.39 Å². The normalized spacial score (nSPS) is 10.6. The molecule has 0 atom stereocenters. The maximum absolute atomic E-state index is 15.1. The van der Waals surface area contributed by atoms with Crippen molar-refractivity contribution in [2.24, 2.45) is 5.73 Å². The smallest absolute Gasteiger partial charge is 0.307 e. The lowest BCUT2D eigenvalue weighted by molar-refractivity contribution is -0.136. The zero-order valence-corrected chi connectivity index (χ0v) is 20.0. The number of thiophene rings is 1. The molecule has 172 valence electrons. The van der Waals surface area contributed by atoms with Crippen molar-refractivity contribution < 1.29 is 19.0 Å². The van der Waals surface area contributed by atoms with Crippen LogP contribution in [-0.4, -0.2) is 11.1 Å². The lowest BCUT2D eigenvalue weighted by atomic mass is 9.97. The Balaban J connectivity index is 0.00000149. The molecule has 1 aromatic heterocycles. The number of benzene rings is 3. The second-order valence-corrected chi connectivity index (χ2v) is 8.77. The number of para-hydroxylation sites is 1. The predicted octanol–water partition coefficient (Wildman–Crippen LogP) is 7.05. The van der Waals surface area contributed by atoms with Crippen molar-refractivity contribution in [2.45, 2.75) is 33.4 Å². The van der Waals surface area contributed by atoms with Crippen LogP contribution in [0.5, 0.6) is 5.75 Å². The summed E-state index contributed by atoms with van der Waals surface area (Å²) < 4.78 is 22.5. The summed E-state index contributed by atoms with van der Waals surface area (Å²) in [5.74, 6) is -0.770. The molecular formula is C26H25ClFNO3S. The van der Waals surface area contributed by atoms with Gasteiger partial charge in [0.05, 0.1) is 10.8 Å². The minimum Gasteiger partial charge on any atom is -0.489 e. The van der Waals surface area contributed by atoms with Crippen LogP contribution in [0, 0.1) is 5.82 Å². The molecule has 0 aliphatic carbocycles. The number of aliphatic carboxylic acids is 1. The Morgan fingerprint density at radius 3 is 2.52 bits per heavy atom. The van der Waals surface area contributed by atoms with Crippen LogP contribution in [-0.2, 0) is 24.4 Å². The van der Waals surface area contributed by atoms with Gasteiger partial charge in [0.2, 0.25) is 0 Å². The first-order chi connectivity index (χ1) is 16.0. The van der Waals surface area contributed by atoms with E-state index in [-0.39, 0.29) is 25.4 Å². The summed E-state index contributed by atoms with van der Waals surface area (Å²) in [6.45, 7) is 4.31. The van der Waals surface area contributed by atoms with Crippen molar-refractivity contribution in [1.29, 1.82) is 0 Å². The number of nitrogens with two attached hydrogens (primary N) is 1. The fraction of sp³-hybridized carbons (Fsp3) is 0.192. The van der Waals surface area contributed by atoms with Crippen LogP contribution in [0.2, 0.25) is 4.34 Å². The molecule has 33 heavy (non-hydrogen) atoms. The van der Waals surface area contributed by atoms with Crippen LogP contribution in [0.3, 0.4) is 0 Å². The Bertz CT molecular complexity index is 1270. The summed E-state index contributed by atoms with van der Waals surface area (Å²) in [5, 5.41) is 9.98. The van der Waals surface area contributed by atoms with Crippen molar-refractivity contribution in [3.63, 3.8) is 0 Å². The van der Waals surface area contributed by atoms with Crippen LogP contribution in [0.15, 0.2) is 60.7 Å². The molecule has 4 nitrogen and oxygen atoms in total. The molecule has 1 heterocycles. The van der Waals surface area contributed by atoms with E-state index in [2.05, 4.69) is 0 Å². The van der Waals surface area contributed by atoms with E-state index < -0.39 is 5.97 Å². The van der Waals surface area contributed by atoms with Crippen LogP contribution in [0.1, 0.15) is 30.5 Å². The molecule has 0 fully saturated rings. The van der Waals surface area contributed by atoms with Crippen molar-refractivity contribution in [1.82, 2.24) is 0 Å². The van der Waals surface area contributed by atoms with Crippen molar-refractivity contribution in [3.05, 3.63) is 87.5 Å². The Hall–Kier alpha value is -2.93. The summed E-state index contributed by atoms with van der Waals surface area (Å²) in [6, 6.07) is 17.9. The van der Waals surface area contributed by atoms with Crippen LogP contribution < -0.4 is 10.5 Å². The van der Waals surface area contributed by atoms with Crippen molar-refractivity contribution in [2.75, 3.05) is 0 Å². The predicted molar refractivity (Wildman–Crippen MR) is 134 cm³/mol. The molecule has 3 aromatic carbocycles. The Labute approximate surface area is 201 Å². The molecular weight excluding hydrogens is 461 g/mol. The van der Waals surface area contributed by atoms with Gasteiger partial charge in [-0.05, 0) is 35.4 Å². The first-order valence-corrected chi connectivity index (χ1v) is 11.8. The average molecular weight is 486 g/mol. The first-order valence-electron chi connectivity index (χ1n) is 10.6. The third kappa shape index (κ3) is 5.71. The Morgan fingerprint density at radius 2 is 1.79 bits per heavy atom. The van der Waals surface area contributed by atoms with Gasteiger partial charge in [0.15, 0.2) is 0 Å². The Morgan fingerprint density at radius 1 is 1.06 bits per heavy atom. The van der Waals surface area contributed by atoms with Gasteiger partial charge in [0, 0.05) is 33.3 Å². The van der Waals surface area contributed by atoms with Gasteiger partial charge in [0.25, 0.3) is 0 Å². The second kappa shape index (κ2) is 11.3. The number of hydrogen-bond donors (Lipinski definition) is 2. The lowest BCUT2D eigenvalue weighted by Crippen LogP contribution is -2.04. The number of carbonyl (C=O) groups is 1. The lowest BCUT2D eigenvalue weighted by Gasteiger charge is -2.13. The van der Waals surface area contributed by atoms with E-state index in [9.17, 15) is 4.79 Å². The summed E-state index contributed by atoms with van der Waals surface area (Å²) in [6.07, 6.45) is -0.127. The minimum absolute atomic E-state index is 0.108. The zero-order valence-electron chi connectivity index (χ0n) is 18.4. The molecule has 4 aromatic rings. The van der Waals surface area contributed by atoms with Crippen molar-refractivity contribution >= 4 is 39.0 Å². The van der Waals surface area contributed by atoms with E-state index in [0.29, 0.717) is 32.3 Å². The number of hydrogen-bond acceptors (Lipinski definition) is 4. The largest absolute Gasteiger partial charge is 0.489 e. The summed E-state index contributed by atoms with van der Waals surface area (Å²) in [4.78, 5) is 11.1. The molecule has 0 saturated carbocycles. The van der Waals surface area contributed by atoms with Crippen LogP contribution in [0.25, 0.3) is 21.2 Å². The highest BCUT2D eigenvalue weighted by molar-refractivity contribution is 7.22. The minimum atomic E-state index is -0.928. The number of fused-ring (bicyclic) bond motifs is 1. The molecule has 0 saturated heterocycles. The maximum atomic E-state index is 15.1. The third-order valence-electron chi connectivity index (χ3n) is 4.96. The molecule has 0 bridgehead atoms. The quantitative estimate of drug-likeness (QED) is 0.294. The van der Waals surface area contributed by atoms with Gasteiger partial charge in [0.1, 0.15) is 18.2 Å². The van der Waals surface area contributed by atoms with E-state index in [0.717, 1.165) is 15.6 Å². The number of rotatable bonds is 7. The number of halogens is 2. The highest BCUT2D eigenvalue weighted by atomic mass is 35.5. The van der Waals surface area contributed by atoms with Gasteiger partial charge in [-0.1, -0.05) is 61.8 Å². The second-order valence-electron chi connectivity index (χ2n) is 7.06. The molecule has 0 unspecified atom stereocenters. The molecule has 0 aliphatic rings. The SMILES string of the molecule is CC.NCc1cccc(-c2cc(COc3ccccc3CC(=O)O)cc3sc(Cl)cc23)c1F. The fourth-order valence-corrected chi connectivity index (χ4v) is 4.77. The topological polar surface area (TPSA) is 72.5 Å². The van der Waals surface area contributed by atoms with Gasteiger partial charge in [-0.2, -0.15) is 0 Å². The van der Waals surface area contributed by atoms with E-state index in [1.165, 1.54) is 11.3 Å². The monoisotopic (exact) mass is 485 g/mol. The van der Waals surface area contributed by atoms with E-state index in [4.69, 9.17) is 27.2 Å². The van der Waals surface area contributed by atoms with Crippen molar-refractivity contribution in [3.8, 4) is 16.9 Å². The van der Waals surface area contributed by atoms with Gasteiger partial charge in [-0.15, -0.1) is 11.3 Å². The zero-order chi connectivity index (χ0) is 24.0. The fourth-order valence-electron chi connectivity index (χ4n) is 3.53. The molecule has 3 N–H and O–H groups in total. The molecule has 0 spiro atoms.